The summed E-state index contributed by atoms with van der Waals surface area (Å²) in [4.78, 5) is 5.65. The number of anilines is 1. The molecule has 0 atom stereocenters. The molecule has 0 radical (unpaired) electrons. The minimum atomic E-state index is 0.463. The molecule has 0 aliphatic rings. The zero-order chi connectivity index (χ0) is 12.4. The third-order valence-corrected chi connectivity index (χ3v) is 3.94. The van der Waals surface area contributed by atoms with E-state index in [1.807, 2.05) is 25.1 Å². The van der Waals surface area contributed by atoms with Crippen molar-refractivity contribution in [3.05, 3.63) is 38.3 Å². The molecule has 0 aliphatic carbocycles. The van der Waals surface area contributed by atoms with E-state index in [2.05, 4.69) is 27.8 Å². The summed E-state index contributed by atoms with van der Waals surface area (Å²) in [5, 5.41) is 0.974. The van der Waals surface area contributed by atoms with Crippen LogP contribution in [-0.2, 0) is 6.61 Å². The molecule has 2 rings (SSSR count). The maximum absolute atomic E-state index is 5.85. The van der Waals surface area contributed by atoms with Crippen LogP contribution in [0.15, 0.2) is 22.7 Å². The number of hydrogen-bond donors (Lipinski definition) is 1. The molecule has 0 aliphatic heterocycles. The smallest absolute Gasteiger partial charge is 0.142 e. The van der Waals surface area contributed by atoms with Crippen molar-refractivity contribution >= 4 is 33.0 Å². The van der Waals surface area contributed by atoms with Crippen molar-refractivity contribution in [2.24, 2.45) is 0 Å². The second-order valence-corrected chi connectivity index (χ2v) is 5.92. The predicted molar refractivity (Wildman–Crippen MR) is 74.5 cm³/mol. The Labute approximate surface area is 113 Å². The third-order valence-electron chi connectivity index (χ3n) is 2.40. The van der Waals surface area contributed by atoms with Gasteiger partial charge in [-0.15, -0.1) is 11.3 Å². The zero-order valence-electron chi connectivity index (χ0n) is 9.66. The van der Waals surface area contributed by atoms with Crippen molar-refractivity contribution in [1.82, 2.24) is 4.98 Å². The first-order valence-corrected chi connectivity index (χ1v) is 6.78. The summed E-state index contributed by atoms with van der Waals surface area (Å²) in [6.07, 6.45) is 0. The highest BCUT2D eigenvalue weighted by atomic mass is 79.9. The van der Waals surface area contributed by atoms with E-state index in [4.69, 9.17) is 10.5 Å². The largest absolute Gasteiger partial charge is 0.484 e. The number of halogens is 1. The van der Waals surface area contributed by atoms with E-state index < -0.39 is 0 Å². The molecule has 2 N–H and O–H groups in total. The number of aromatic nitrogens is 1. The molecule has 2 aromatic rings. The SMILES string of the molecule is Cc1nc(COc2ccc(Br)cc2N)sc1C. The highest BCUT2D eigenvalue weighted by Gasteiger charge is 2.06. The Morgan fingerprint density at radius 2 is 2.18 bits per heavy atom. The minimum Gasteiger partial charge on any atom is -0.484 e. The molecule has 3 nitrogen and oxygen atoms in total. The van der Waals surface area contributed by atoms with Gasteiger partial charge in [0.15, 0.2) is 0 Å². The third kappa shape index (κ3) is 2.98. The first-order chi connectivity index (χ1) is 8.06. The molecule has 0 spiro atoms. The van der Waals surface area contributed by atoms with Gasteiger partial charge >= 0.3 is 0 Å². The molecular weight excluding hydrogens is 300 g/mol. The van der Waals surface area contributed by atoms with E-state index in [0.717, 1.165) is 15.2 Å². The van der Waals surface area contributed by atoms with Gasteiger partial charge in [-0.3, -0.25) is 0 Å². The second kappa shape index (κ2) is 5.06. The summed E-state index contributed by atoms with van der Waals surface area (Å²) < 4.78 is 6.60. The number of benzene rings is 1. The van der Waals surface area contributed by atoms with Crippen molar-refractivity contribution in [3.63, 3.8) is 0 Å². The van der Waals surface area contributed by atoms with Crippen LogP contribution >= 0.6 is 27.3 Å². The van der Waals surface area contributed by atoms with Crippen LogP contribution in [0.5, 0.6) is 5.75 Å². The summed E-state index contributed by atoms with van der Waals surface area (Å²) in [7, 11) is 0. The summed E-state index contributed by atoms with van der Waals surface area (Å²) in [6.45, 7) is 4.53. The Morgan fingerprint density at radius 3 is 2.76 bits per heavy atom. The monoisotopic (exact) mass is 312 g/mol. The van der Waals surface area contributed by atoms with Gasteiger partial charge in [0.05, 0.1) is 11.4 Å². The average molecular weight is 313 g/mol. The van der Waals surface area contributed by atoms with Gasteiger partial charge in [0.1, 0.15) is 17.4 Å². The highest BCUT2D eigenvalue weighted by Crippen LogP contribution is 2.26. The van der Waals surface area contributed by atoms with Crippen molar-refractivity contribution in [3.8, 4) is 5.75 Å². The van der Waals surface area contributed by atoms with E-state index in [9.17, 15) is 0 Å². The van der Waals surface area contributed by atoms with Gasteiger partial charge in [-0.05, 0) is 32.0 Å². The highest BCUT2D eigenvalue weighted by molar-refractivity contribution is 9.10. The fourth-order valence-corrected chi connectivity index (χ4v) is 2.62. The summed E-state index contributed by atoms with van der Waals surface area (Å²) in [5.41, 5.74) is 7.54. The van der Waals surface area contributed by atoms with Crippen molar-refractivity contribution in [2.45, 2.75) is 20.5 Å². The first kappa shape index (κ1) is 12.4. The van der Waals surface area contributed by atoms with Gasteiger partial charge in [0.25, 0.3) is 0 Å². The molecule has 1 aromatic carbocycles. The van der Waals surface area contributed by atoms with Gasteiger partial charge in [0.2, 0.25) is 0 Å². The molecule has 5 heteroatoms. The van der Waals surface area contributed by atoms with Crippen LogP contribution in [0, 0.1) is 13.8 Å². The first-order valence-electron chi connectivity index (χ1n) is 5.17. The molecule has 0 fully saturated rings. The Balaban J connectivity index is 2.07. The average Bonchev–Trinajstić information content (AvgIpc) is 2.57. The molecule has 90 valence electrons. The molecule has 1 heterocycles. The molecule has 0 amide bonds. The maximum Gasteiger partial charge on any atom is 0.142 e. The van der Waals surface area contributed by atoms with E-state index in [1.54, 1.807) is 11.3 Å². The van der Waals surface area contributed by atoms with Crippen LogP contribution in [0.4, 0.5) is 5.69 Å². The van der Waals surface area contributed by atoms with Gasteiger partial charge in [-0.25, -0.2) is 4.98 Å². The lowest BCUT2D eigenvalue weighted by molar-refractivity contribution is 0.307. The Bertz CT molecular complexity index is 520. The fourth-order valence-electron chi connectivity index (χ4n) is 1.39. The topological polar surface area (TPSA) is 48.1 Å². The molecular formula is C12H13BrN2OS. The quantitative estimate of drug-likeness (QED) is 0.879. The van der Waals surface area contributed by atoms with Crippen LogP contribution < -0.4 is 10.5 Å². The van der Waals surface area contributed by atoms with E-state index in [1.165, 1.54) is 4.88 Å². The van der Waals surface area contributed by atoms with E-state index in [0.29, 0.717) is 18.0 Å². The number of ether oxygens (including phenoxy) is 1. The van der Waals surface area contributed by atoms with Gasteiger partial charge in [-0.1, -0.05) is 15.9 Å². The molecule has 17 heavy (non-hydrogen) atoms. The number of nitrogen functional groups attached to an aromatic ring is 1. The van der Waals surface area contributed by atoms with Crippen LogP contribution in [0.1, 0.15) is 15.6 Å². The summed E-state index contributed by atoms with van der Waals surface area (Å²) in [5.74, 6) is 0.693. The number of nitrogens with zero attached hydrogens (tertiary/aromatic N) is 1. The standard InChI is InChI=1S/C12H13BrN2OS/c1-7-8(2)17-12(15-7)6-16-11-4-3-9(13)5-10(11)14/h3-5H,6,14H2,1-2H3. The Morgan fingerprint density at radius 1 is 1.41 bits per heavy atom. The number of nitrogens with two attached hydrogens (primary N) is 1. The summed E-state index contributed by atoms with van der Waals surface area (Å²) in [6, 6.07) is 5.59. The zero-order valence-corrected chi connectivity index (χ0v) is 12.1. The second-order valence-electron chi connectivity index (χ2n) is 3.72. The minimum absolute atomic E-state index is 0.463. The van der Waals surface area contributed by atoms with Gasteiger partial charge in [-0.2, -0.15) is 0 Å². The molecule has 0 bridgehead atoms. The number of thiazole rings is 1. The molecule has 0 saturated heterocycles. The number of rotatable bonds is 3. The lowest BCUT2D eigenvalue weighted by Crippen LogP contribution is -1.98. The number of hydrogen-bond acceptors (Lipinski definition) is 4. The van der Waals surface area contributed by atoms with Gasteiger partial charge in [0, 0.05) is 9.35 Å². The van der Waals surface area contributed by atoms with Crippen LogP contribution in [0.25, 0.3) is 0 Å². The Hall–Kier alpha value is -1.07. The molecule has 1 aromatic heterocycles. The van der Waals surface area contributed by atoms with Crippen molar-refractivity contribution in [1.29, 1.82) is 0 Å². The normalized spacial score (nSPS) is 10.5. The fraction of sp³-hybridized carbons (Fsp3) is 0.250. The molecule has 0 saturated carbocycles. The lowest BCUT2D eigenvalue weighted by Gasteiger charge is -2.07. The predicted octanol–water partition coefficient (Wildman–Crippen LogP) is 3.68. The lowest BCUT2D eigenvalue weighted by atomic mass is 10.3. The van der Waals surface area contributed by atoms with Crippen molar-refractivity contribution in [2.75, 3.05) is 5.73 Å². The van der Waals surface area contributed by atoms with Crippen LogP contribution in [0.3, 0.4) is 0 Å². The van der Waals surface area contributed by atoms with Crippen LogP contribution in [-0.4, -0.2) is 4.98 Å². The van der Waals surface area contributed by atoms with E-state index in [-0.39, 0.29) is 0 Å². The number of aryl methyl sites for hydroxylation is 2. The Kier molecular flexibility index (Phi) is 3.69. The maximum atomic E-state index is 5.85. The summed E-state index contributed by atoms with van der Waals surface area (Å²) >= 11 is 5.02. The van der Waals surface area contributed by atoms with Crippen molar-refractivity contribution < 1.29 is 4.74 Å². The molecule has 0 unspecified atom stereocenters. The van der Waals surface area contributed by atoms with Gasteiger partial charge < -0.3 is 10.5 Å². The van der Waals surface area contributed by atoms with E-state index >= 15 is 0 Å². The van der Waals surface area contributed by atoms with Crippen LogP contribution in [0.2, 0.25) is 0 Å².